The quantitative estimate of drug-likeness (QED) is 0.746. The Morgan fingerprint density at radius 3 is 2.69 bits per heavy atom. The zero-order valence-electron chi connectivity index (χ0n) is 9.27. The molecule has 5 heteroatoms. The van der Waals surface area contributed by atoms with Gasteiger partial charge in [0.25, 0.3) is 0 Å². The first-order valence-electron chi connectivity index (χ1n) is 4.77. The summed E-state index contributed by atoms with van der Waals surface area (Å²) >= 11 is 0. The molecule has 0 heterocycles. The van der Waals surface area contributed by atoms with Gasteiger partial charge in [0.15, 0.2) is 0 Å². The predicted molar refractivity (Wildman–Crippen MR) is 58.2 cm³/mol. The molecule has 3 N–H and O–H groups in total. The molecule has 0 aromatic heterocycles. The fourth-order valence-electron chi connectivity index (χ4n) is 1.34. The standard InChI is InChI=1S/C11H15NO4/c1-15-7-3-4-8(10(13)5-7)9(12)6-11(14)16-2/h3-5,9,13H,6,12H2,1-2H3/t9-/m1/s1. The molecule has 1 aromatic carbocycles. The number of hydrogen-bond donors (Lipinski definition) is 2. The van der Waals surface area contributed by atoms with E-state index in [-0.39, 0.29) is 12.2 Å². The number of phenolic OH excluding ortho intramolecular Hbond substituents is 1. The van der Waals surface area contributed by atoms with Crippen LogP contribution in [0.25, 0.3) is 0 Å². The lowest BCUT2D eigenvalue weighted by atomic mass is 10.0. The van der Waals surface area contributed by atoms with Crippen LogP contribution in [0.4, 0.5) is 0 Å². The van der Waals surface area contributed by atoms with Gasteiger partial charge >= 0.3 is 5.97 Å². The van der Waals surface area contributed by atoms with Crippen molar-refractivity contribution in [3.8, 4) is 11.5 Å². The smallest absolute Gasteiger partial charge is 0.307 e. The lowest BCUT2D eigenvalue weighted by molar-refractivity contribution is -0.141. The average molecular weight is 225 g/mol. The third-order valence-corrected chi connectivity index (χ3v) is 2.25. The molecule has 0 amide bonds. The molecule has 16 heavy (non-hydrogen) atoms. The number of aromatic hydroxyl groups is 1. The van der Waals surface area contributed by atoms with Crippen LogP contribution in [0, 0.1) is 0 Å². The van der Waals surface area contributed by atoms with Crippen molar-refractivity contribution in [2.45, 2.75) is 12.5 Å². The summed E-state index contributed by atoms with van der Waals surface area (Å²) in [6, 6.07) is 4.17. The Morgan fingerprint density at radius 1 is 1.50 bits per heavy atom. The number of benzene rings is 1. The van der Waals surface area contributed by atoms with Crippen molar-refractivity contribution >= 4 is 5.97 Å². The van der Waals surface area contributed by atoms with Crippen LogP contribution in [0.2, 0.25) is 0 Å². The van der Waals surface area contributed by atoms with Crippen molar-refractivity contribution in [1.82, 2.24) is 0 Å². The maximum atomic E-state index is 11.0. The highest BCUT2D eigenvalue weighted by molar-refractivity contribution is 5.70. The van der Waals surface area contributed by atoms with Gasteiger partial charge < -0.3 is 20.3 Å². The normalized spacial score (nSPS) is 11.9. The zero-order valence-corrected chi connectivity index (χ0v) is 9.27. The summed E-state index contributed by atoms with van der Waals surface area (Å²) in [6.45, 7) is 0. The van der Waals surface area contributed by atoms with Gasteiger partial charge in [-0.3, -0.25) is 4.79 Å². The Bertz CT molecular complexity index is 378. The molecule has 0 aliphatic rings. The molecular weight excluding hydrogens is 210 g/mol. The van der Waals surface area contributed by atoms with Gasteiger partial charge in [0.05, 0.1) is 20.6 Å². The lowest BCUT2D eigenvalue weighted by Gasteiger charge is -2.13. The van der Waals surface area contributed by atoms with E-state index in [4.69, 9.17) is 10.5 Å². The molecule has 0 spiro atoms. The Labute approximate surface area is 93.8 Å². The van der Waals surface area contributed by atoms with Gasteiger partial charge in [-0.05, 0) is 6.07 Å². The third kappa shape index (κ3) is 2.87. The topological polar surface area (TPSA) is 81.8 Å². The first-order valence-corrected chi connectivity index (χ1v) is 4.77. The largest absolute Gasteiger partial charge is 0.507 e. The van der Waals surface area contributed by atoms with Crippen molar-refractivity contribution in [2.75, 3.05) is 14.2 Å². The predicted octanol–water partition coefficient (Wildman–Crippen LogP) is 0.964. The highest BCUT2D eigenvalue weighted by Crippen LogP contribution is 2.28. The average Bonchev–Trinajstić information content (AvgIpc) is 2.28. The SMILES string of the molecule is COC(=O)C[C@@H](N)c1ccc(OC)cc1O. The van der Waals surface area contributed by atoms with Crippen LogP contribution < -0.4 is 10.5 Å². The van der Waals surface area contributed by atoms with Gasteiger partial charge in [0.2, 0.25) is 0 Å². The number of ether oxygens (including phenoxy) is 2. The molecule has 0 aliphatic carbocycles. The van der Waals surface area contributed by atoms with Crippen molar-refractivity contribution in [3.63, 3.8) is 0 Å². The van der Waals surface area contributed by atoms with Crippen molar-refractivity contribution in [3.05, 3.63) is 23.8 Å². The molecule has 0 fully saturated rings. The van der Waals surface area contributed by atoms with Crippen LogP contribution in [0.3, 0.4) is 0 Å². The van der Waals surface area contributed by atoms with Crippen molar-refractivity contribution in [1.29, 1.82) is 0 Å². The van der Waals surface area contributed by atoms with E-state index in [9.17, 15) is 9.90 Å². The summed E-state index contributed by atoms with van der Waals surface area (Å²) < 4.78 is 9.44. The molecule has 1 atom stereocenters. The second kappa shape index (κ2) is 5.37. The first kappa shape index (κ1) is 12.3. The molecule has 88 valence electrons. The van der Waals surface area contributed by atoms with Crippen molar-refractivity contribution < 1.29 is 19.4 Å². The van der Waals surface area contributed by atoms with E-state index in [1.807, 2.05) is 0 Å². The minimum Gasteiger partial charge on any atom is -0.507 e. The van der Waals surface area contributed by atoms with Crippen LogP contribution in [0.1, 0.15) is 18.0 Å². The van der Waals surface area contributed by atoms with E-state index in [0.717, 1.165) is 0 Å². The Morgan fingerprint density at radius 2 is 2.19 bits per heavy atom. The fourth-order valence-corrected chi connectivity index (χ4v) is 1.34. The van der Waals surface area contributed by atoms with Gasteiger partial charge in [0.1, 0.15) is 11.5 Å². The van der Waals surface area contributed by atoms with Gasteiger partial charge in [-0.1, -0.05) is 6.07 Å². The summed E-state index contributed by atoms with van der Waals surface area (Å²) in [5, 5.41) is 9.67. The molecule has 5 nitrogen and oxygen atoms in total. The second-order valence-electron chi connectivity index (χ2n) is 3.31. The van der Waals surface area contributed by atoms with Crippen LogP contribution in [0.15, 0.2) is 18.2 Å². The highest BCUT2D eigenvalue weighted by atomic mass is 16.5. The number of hydrogen-bond acceptors (Lipinski definition) is 5. The molecule has 0 bridgehead atoms. The minimum atomic E-state index is -0.585. The minimum absolute atomic E-state index is 0.00996. The van der Waals surface area contributed by atoms with Crippen LogP contribution in [0.5, 0.6) is 11.5 Å². The van der Waals surface area contributed by atoms with Crippen LogP contribution in [-0.4, -0.2) is 25.3 Å². The molecule has 0 radical (unpaired) electrons. The highest BCUT2D eigenvalue weighted by Gasteiger charge is 2.15. The Kier molecular flexibility index (Phi) is 4.13. The Hall–Kier alpha value is -1.75. The number of rotatable bonds is 4. The molecule has 0 aliphatic heterocycles. The van der Waals surface area contributed by atoms with Gasteiger partial charge in [-0.25, -0.2) is 0 Å². The van der Waals surface area contributed by atoms with E-state index in [1.54, 1.807) is 12.1 Å². The van der Waals surface area contributed by atoms with E-state index < -0.39 is 12.0 Å². The number of methoxy groups -OCH3 is 2. The molecular formula is C11H15NO4. The Balaban J connectivity index is 2.83. The third-order valence-electron chi connectivity index (χ3n) is 2.25. The monoisotopic (exact) mass is 225 g/mol. The number of esters is 1. The summed E-state index contributed by atoms with van der Waals surface area (Å²) in [7, 11) is 2.80. The van der Waals surface area contributed by atoms with Gasteiger partial charge in [-0.15, -0.1) is 0 Å². The van der Waals surface area contributed by atoms with E-state index in [0.29, 0.717) is 11.3 Å². The van der Waals surface area contributed by atoms with Gasteiger partial charge in [0, 0.05) is 17.7 Å². The first-order chi connectivity index (χ1) is 7.58. The van der Waals surface area contributed by atoms with Crippen LogP contribution in [-0.2, 0) is 9.53 Å². The van der Waals surface area contributed by atoms with E-state index in [2.05, 4.69) is 4.74 Å². The lowest BCUT2D eigenvalue weighted by Crippen LogP contribution is -2.16. The second-order valence-corrected chi connectivity index (χ2v) is 3.31. The summed E-state index contributed by atoms with van der Waals surface area (Å²) in [4.78, 5) is 11.0. The van der Waals surface area contributed by atoms with E-state index >= 15 is 0 Å². The number of nitrogens with two attached hydrogens (primary N) is 1. The van der Waals surface area contributed by atoms with E-state index in [1.165, 1.54) is 20.3 Å². The number of phenols is 1. The van der Waals surface area contributed by atoms with Gasteiger partial charge in [-0.2, -0.15) is 0 Å². The maximum Gasteiger partial charge on any atom is 0.307 e. The summed E-state index contributed by atoms with van der Waals surface area (Å²) in [5.74, 6) is 0.130. The number of carbonyl (C=O) groups is 1. The van der Waals surface area contributed by atoms with Crippen LogP contribution >= 0.6 is 0 Å². The summed E-state index contributed by atoms with van der Waals surface area (Å²) in [5.41, 5.74) is 6.25. The molecule has 0 saturated carbocycles. The zero-order chi connectivity index (χ0) is 12.1. The van der Waals surface area contributed by atoms with Crippen molar-refractivity contribution in [2.24, 2.45) is 5.73 Å². The molecule has 1 rings (SSSR count). The number of carbonyl (C=O) groups excluding carboxylic acids is 1. The molecule has 0 unspecified atom stereocenters. The maximum absolute atomic E-state index is 11.0. The summed E-state index contributed by atoms with van der Waals surface area (Å²) in [6.07, 6.45) is 0.0242. The molecule has 1 aromatic rings. The fraction of sp³-hybridized carbons (Fsp3) is 0.364. The molecule has 0 saturated heterocycles.